The van der Waals surface area contributed by atoms with Crippen molar-refractivity contribution in [2.75, 3.05) is 25.1 Å². The summed E-state index contributed by atoms with van der Waals surface area (Å²) in [6.07, 6.45) is 4.05. The van der Waals surface area contributed by atoms with Gasteiger partial charge in [0.15, 0.2) is 0 Å². The molecule has 4 rings (SSSR count). The van der Waals surface area contributed by atoms with Crippen LogP contribution in [-0.4, -0.2) is 36.1 Å². The second-order valence-corrected chi connectivity index (χ2v) is 6.52. The maximum Gasteiger partial charge on any atom is 0.250 e. The van der Waals surface area contributed by atoms with Gasteiger partial charge in [0, 0.05) is 30.9 Å². The number of fused-ring (bicyclic) bond motifs is 1. The van der Waals surface area contributed by atoms with E-state index in [9.17, 15) is 4.79 Å². The molecule has 0 bridgehead atoms. The molecule has 2 N–H and O–H groups in total. The van der Waals surface area contributed by atoms with Gasteiger partial charge in [-0.15, -0.1) is 0 Å². The van der Waals surface area contributed by atoms with Crippen LogP contribution in [0, 0.1) is 0 Å². The van der Waals surface area contributed by atoms with Crippen LogP contribution in [0.15, 0.2) is 55.0 Å². The summed E-state index contributed by atoms with van der Waals surface area (Å²) < 4.78 is 5.96. The Morgan fingerprint density at radius 1 is 1.23 bits per heavy atom. The van der Waals surface area contributed by atoms with E-state index < -0.39 is 5.91 Å². The van der Waals surface area contributed by atoms with Crippen molar-refractivity contribution in [3.63, 3.8) is 0 Å². The van der Waals surface area contributed by atoms with Gasteiger partial charge in [-0.25, -0.2) is 9.97 Å². The molecule has 6 heteroatoms. The van der Waals surface area contributed by atoms with E-state index in [2.05, 4.69) is 27.0 Å². The number of nitrogens with two attached hydrogens (primary N) is 1. The minimum Gasteiger partial charge on any atom is -0.372 e. The molecule has 26 heavy (non-hydrogen) atoms. The molecule has 1 fully saturated rings. The van der Waals surface area contributed by atoms with Gasteiger partial charge < -0.3 is 15.4 Å². The van der Waals surface area contributed by atoms with E-state index in [1.54, 1.807) is 19.4 Å². The van der Waals surface area contributed by atoms with Gasteiger partial charge in [0.2, 0.25) is 0 Å². The third-order valence-corrected chi connectivity index (χ3v) is 5.18. The number of nitrogens with zero attached hydrogens (tertiary/aromatic N) is 3. The number of primary amides is 1. The summed E-state index contributed by atoms with van der Waals surface area (Å²) in [5, 5.41) is 0.823. The van der Waals surface area contributed by atoms with Crippen molar-refractivity contribution in [3.8, 4) is 0 Å². The largest absolute Gasteiger partial charge is 0.372 e. The zero-order valence-corrected chi connectivity index (χ0v) is 14.6. The highest BCUT2D eigenvalue weighted by molar-refractivity contribution is 6.08. The molecule has 0 saturated carbocycles. The molecule has 0 aliphatic carbocycles. The van der Waals surface area contributed by atoms with E-state index >= 15 is 0 Å². The maximum absolute atomic E-state index is 11.7. The van der Waals surface area contributed by atoms with Crippen LogP contribution in [0.2, 0.25) is 0 Å². The molecule has 1 aromatic heterocycles. The number of hydrogen-bond acceptors (Lipinski definition) is 5. The number of methoxy groups -OCH3 is 1. The highest BCUT2D eigenvalue weighted by atomic mass is 16.5. The molecule has 1 aliphatic rings. The van der Waals surface area contributed by atoms with Crippen LogP contribution in [0.4, 0.5) is 5.69 Å². The molecule has 1 aliphatic heterocycles. The monoisotopic (exact) mass is 348 g/mol. The van der Waals surface area contributed by atoms with Crippen LogP contribution < -0.4 is 10.6 Å². The zero-order chi connectivity index (χ0) is 18.1. The van der Waals surface area contributed by atoms with Crippen LogP contribution in [0.5, 0.6) is 0 Å². The van der Waals surface area contributed by atoms with Crippen LogP contribution in [0.25, 0.3) is 10.9 Å². The van der Waals surface area contributed by atoms with Gasteiger partial charge in [0.25, 0.3) is 5.91 Å². The maximum atomic E-state index is 11.7. The second-order valence-electron chi connectivity index (χ2n) is 6.52. The number of hydrogen-bond donors (Lipinski definition) is 1. The highest BCUT2D eigenvalue weighted by Crippen LogP contribution is 2.39. The molecule has 1 amide bonds. The van der Waals surface area contributed by atoms with E-state index in [-0.39, 0.29) is 5.60 Å². The number of carbonyl (C=O) groups is 1. The number of aromatic nitrogens is 2. The lowest BCUT2D eigenvalue weighted by molar-refractivity contribution is 0.00482. The van der Waals surface area contributed by atoms with Crippen molar-refractivity contribution in [2.45, 2.75) is 12.0 Å². The van der Waals surface area contributed by atoms with Gasteiger partial charge in [0.05, 0.1) is 17.6 Å². The quantitative estimate of drug-likeness (QED) is 0.783. The summed E-state index contributed by atoms with van der Waals surface area (Å²) in [5.74, 6) is -0.489. The van der Waals surface area contributed by atoms with E-state index in [4.69, 9.17) is 10.5 Å². The summed E-state index contributed by atoms with van der Waals surface area (Å²) in [6, 6.07) is 13.9. The molecule has 2 heterocycles. The number of ether oxygens (including phenoxy) is 1. The standard InChI is InChI=1S/C20H20N4O2/c1-26-20(14-5-3-2-4-6-14)9-10-24(12-20)17-8-7-15(19(21)25)18-16(17)11-22-13-23-18/h2-8,11,13H,9-10,12H2,1H3,(H2,21,25). The first-order valence-corrected chi connectivity index (χ1v) is 8.53. The molecular formula is C20H20N4O2. The molecule has 3 aromatic rings. The fourth-order valence-corrected chi connectivity index (χ4v) is 3.79. The Kier molecular flexibility index (Phi) is 4.05. The topological polar surface area (TPSA) is 81.3 Å². The van der Waals surface area contributed by atoms with Gasteiger partial charge in [-0.05, 0) is 24.1 Å². The van der Waals surface area contributed by atoms with E-state index in [0.717, 1.165) is 24.0 Å². The van der Waals surface area contributed by atoms with Crippen LogP contribution in [0.3, 0.4) is 0 Å². The Hall–Kier alpha value is -2.99. The van der Waals surface area contributed by atoms with E-state index in [0.29, 0.717) is 17.6 Å². The van der Waals surface area contributed by atoms with Crippen molar-refractivity contribution in [1.82, 2.24) is 9.97 Å². The lowest BCUT2D eigenvalue weighted by Crippen LogP contribution is -2.33. The smallest absolute Gasteiger partial charge is 0.250 e. The number of carbonyl (C=O) groups excluding carboxylic acids is 1. The first kappa shape index (κ1) is 16.5. The average Bonchev–Trinajstić information content (AvgIpc) is 3.13. The number of anilines is 1. The lowest BCUT2D eigenvalue weighted by Gasteiger charge is -2.29. The minimum atomic E-state index is -0.489. The fourth-order valence-electron chi connectivity index (χ4n) is 3.79. The third kappa shape index (κ3) is 2.59. The summed E-state index contributed by atoms with van der Waals surface area (Å²) >= 11 is 0. The van der Waals surface area contributed by atoms with E-state index in [1.807, 2.05) is 24.3 Å². The minimum absolute atomic E-state index is 0.356. The average molecular weight is 348 g/mol. The fraction of sp³-hybridized carbons (Fsp3) is 0.250. The SMILES string of the molecule is COC1(c2ccccc2)CCN(c2ccc(C(N)=O)c3ncncc23)C1. The van der Waals surface area contributed by atoms with Gasteiger partial charge in [0.1, 0.15) is 11.9 Å². The van der Waals surface area contributed by atoms with Crippen molar-refractivity contribution in [2.24, 2.45) is 5.73 Å². The summed E-state index contributed by atoms with van der Waals surface area (Å²) in [4.78, 5) is 22.4. The van der Waals surface area contributed by atoms with Crippen LogP contribution in [-0.2, 0) is 10.3 Å². The zero-order valence-electron chi connectivity index (χ0n) is 14.6. The van der Waals surface area contributed by atoms with Gasteiger partial charge in [-0.3, -0.25) is 4.79 Å². The molecule has 1 saturated heterocycles. The molecule has 6 nitrogen and oxygen atoms in total. The Bertz CT molecular complexity index is 960. The molecule has 132 valence electrons. The Morgan fingerprint density at radius 3 is 2.77 bits per heavy atom. The predicted octanol–water partition coefficient (Wildman–Crippen LogP) is 2.48. The first-order chi connectivity index (χ1) is 12.6. The molecule has 0 radical (unpaired) electrons. The van der Waals surface area contributed by atoms with Crippen molar-refractivity contribution < 1.29 is 9.53 Å². The number of amides is 1. The summed E-state index contributed by atoms with van der Waals surface area (Å²) in [6.45, 7) is 1.55. The molecule has 0 spiro atoms. The summed E-state index contributed by atoms with van der Waals surface area (Å²) in [7, 11) is 1.76. The molecule has 1 atom stereocenters. The molecule has 1 unspecified atom stereocenters. The number of rotatable bonds is 4. The Morgan fingerprint density at radius 2 is 2.04 bits per heavy atom. The van der Waals surface area contributed by atoms with Crippen molar-refractivity contribution in [1.29, 1.82) is 0 Å². The van der Waals surface area contributed by atoms with Crippen LogP contribution >= 0.6 is 0 Å². The Labute approximate surface area is 151 Å². The predicted molar refractivity (Wildman–Crippen MR) is 100 cm³/mol. The molecular weight excluding hydrogens is 328 g/mol. The van der Waals surface area contributed by atoms with Gasteiger partial charge in [-0.2, -0.15) is 0 Å². The van der Waals surface area contributed by atoms with Gasteiger partial charge >= 0.3 is 0 Å². The molecule has 2 aromatic carbocycles. The third-order valence-electron chi connectivity index (χ3n) is 5.18. The number of benzene rings is 2. The Balaban J connectivity index is 1.76. The lowest BCUT2D eigenvalue weighted by atomic mass is 9.93. The second kappa shape index (κ2) is 6.38. The van der Waals surface area contributed by atoms with Crippen molar-refractivity contribution >= 4 is 22.5 Å². The normalized spacial score (nSPS) is 19.8. The highest BCUT2D eigenvalue weighted by Gasteiger charge is 2.40. The van der Waals surface area contributed by atoms with Gasteiger partial charge in [-0.1, -0.05) is 30.3 Å². The summed E-state index contributed by atoms with van der Waals surface area (Å²) in [5.41, 5.74) is 8.28. The van der Waals surface area contributed by atoms with E-state index in [1.165, 1.54) is 11.9 Å². The van der Waals surface area contributed by atoms with Crippen molar-refractivity contribution in [3.05, 3.63) is 66.1 Å². The first-order valence-electron chi connectivity index (χ1n) is 8.53. The van der Waals surface area contributed by atoms with Crippen LogP contribution in [0.1, 0.15) is 22.3 Å².